The first-order valence-corrected chi connectivity index (χ1v) is 15.7. The Bertz CT molecular complexity index is 1070. The lowest BCUT2D eigenvalue weighted by Gasteiger charge is -2.47. The summed E-state index contributed by atoms with van der Waals surface area (Å²) in [5.41, 5.74) is 0.268. The van der Waals surface area contributed by atoms with Crippen LogP contribution in [0.3, 0.4) is 0 Å². The van der Waals surface area contributed by atoms with E-state index in [0.29, 0.717) is 45.4 Å². The summed E-state index contributed by atoms with van der Waals surface area (Å²) in [7, 11) is -2.27. The molecule has 1 spiro atoms. The molecule has 224 valence electrons. The Morgan fingerprint density at radius 3 is 2.33 bits per heavy atom. The predicted octanol–water partition coefficient (Wildman–Crippen LogP) is 3.19. The molecule has 0 bridgehead atoms. The number of piperazine rings is 1. The Balaban J connectivity index is 1.68. The van der Waals surface area contributed by atoms with Crippen LogP contribution in [-0.2, 0) is 39.3 Å². The number of rotatable bonds is 13. The average molecular weight is 581 g/mol. The highest BCUT2D eigenvalue weighted by Crippen LogP contribution is 2.46. The maximum absolute atomic E-state index is 13.5. The Kier molecular flexibility index (Phi) is 11.3. The number of benzene rings is 1. The number of hydrogen-bond acceptors (Lipinski definition) is 8. The fraction of sp³-hybridized carbons (Fsp3) is 0.679. The van der Waals surface area contributed by atoms with Crippen LogP contribution in [0.2, 0.25) is 0 Å². The summed E-state index contributed by atoms with van der Waals surface area (Å²) in [4.78, 5) is 44.7. The van der Waals surface area contributed by atoms with E-state index in [1.165, 1.54) is 6.92 Å². The van der Waals surface area contributed by atoms with E-state index in [-0.39, 0.29) is 18.6 Å². The average Bonchev–Trinajstić information content (AvgIpc) is 3.20. The Hall–Kier alpha value is -2.30. The number of likely N-dealkylation sites (N-methyl/N-ethyl adjacent to an activating group) is 1. The van der Waals surface area contributed by atoms with Crippen LogP contribution in [0, 0.1) is 0 Å². The number of likely N-dealkylation sites (tertiary alicyclic amines) is 1. The fourth-order valence-electron chi connectivity index (χ4n) is 5.17. The number of hydrogen-bond donors (Lipinski definition) is 1. The minimum atomic E-state index is -4.05. The summed E-state index contributed by atoms with van der Waals surface area (Å²) in [6, 6.07) is 8.99. The molecule has 1 aromatic rings. The van der Waals surface area contributed by atoms with E-state index in [0.717, 1.165) is 5.56 Å². The highest BCUT2D eigenvalue weighted by molar-refractivity contribution is 7.51. The van der Waals surface area contributed by atoms with Gasteiger partial charge in [-0.1, -0.05) is 44.2 Å². The maximum atomic E-state index is 13.5. The third-order valence-corrected chi connectivity index (χ3v) is 9.35. The van der Waals surface area contributed by atoms with E-state index in [2.05, 4.69) is 9.99 Å². The third kappa shape index (κ3) is 7.91. The molecule has 2 aliphatic heterocycles. The van der Waals surface area contributed by atoms with E-state index < -0.39 is 43.9 Å². The molecule has 1 N–H and O–H groups in total. The van der Waals surface area contributed by atoms with Crippen LogP contribution in [0.4, 0.5) is 0 Å². The number of carbonyl (C=O) groups is 3. The number of nitrogens with one attached hydrogen (secondary N) is 1. The van der Waals surface area contributed by atoms with E-state index in [4.69, 9.17) is 13.8 Å². The highest BCUT2D eigenvalue weighted by Gasteiger charge is 2.53. The number of amides is 2. The molecule has 3 unspecified atom stereocenters. The van der Waals surface area contributed by atoms with Crippen LogP contribution in [0.15, 0.2) is 30.3 Å². The number of nitrogens with zero attached hydrogens (tertiary/aromatic N) is 3. The molecule has 12 heteroatoms. The monoisotopic (exact) mass is 580 g/mol. The lowest BCUT2D eigenvalue weighted by molar-refractivity contribution is -0.151. The van der Waals surface area contributed by atoms with Crippen molar-refractivity contribution in [2.24, 2.45) is 0 Å². The first kappa shape index (κ1) is 32.2. The van der Waals surface area contributed by atoms with Gasteiger partial charge in [-0.25, -0.2) is 9.65 Å². The van der Waals surface area contributed by atoms with Gasteiger partial charge in [-0.15, -0.1) is 0 Å². The van der Waals surface area contributed by atoms with Crippen molar-refractivity contribution in [3.63, 3.8) is 0 Å². The normalized spacial score (nSPS) is 22.2. The van der Waals surface area contributed by atoms with Crippen molar-refractivity contribution in [3.05, 3.63) is 35.9 Å². The third-order valence-electron chi connectivity index (χ3n) is 7.48. The lowest BCUT2D eigenvalue weighted by Crippen LogP contribution is -2.66. The molecule has 3 rings (SSSR count). The molecule has 0 aromatic heterocycles. The van der Waals surface area contributed by atoms with Gasteiger partial charge in [-0.2, -0.15) is 0 Å². The van der Waals surface area contributed by atoms with Crippen molar-refractivity contribution in [2.75, 3.05) is 39.8 Å². The van der Waals surface area contributed by atoms with Crippen molar-refractivity contribution in [1.82, 2.24) is 19.8 Å². The zero-order valence-electron chi connectivity index (χ0n) is 24.6. The van der Waals surface area contributed by atoms with Crippen LogP contribution in [0.5, 0.6) is 0 Å². The lowest BCUT2D eigenvalue weighted by atomic mass is 9.91. The summed E-state index contributed by atoms with van der Waals surface area (Å²) < 4.78 is 30.1. The van der Waals surface area contributed by atoms with Gasteiger partial charge in [0.2, 0.25) is 11.8 Å². The number of esters is 1. The van der Waals surface area contributed by atoms with E-state index >= 15 is 0 Å². The van der Waals surface area contributed by atoms with Crippen molar-refractivity contribution in [3.8, 4) is 0 Å². The standard InChI is InChI=1S/C28H45N4O7P/c1-7-24(8-2)38-26(34)22(5)29-40(36,39-21(3)4)37-19-25(33)31-16-17-32(18-23-12-10-9-11-13-23)28(20-31)14-15-30(6)27(28)35/h9-13,21-22,24H,7-8,14-20H2,1-6H3,(H,29,36). The second kappa shape index (κ2) is 14.0. The molecule has 2 heterocycles. The largest absolute Gasteiger partial charge is 0.461 e. The van der Waals surface area contributed by atoms with Crippen molar-refractivity contribution < 1.29 is 32.7 Å². The van der Waals surface area contributed by atoms with Gasteiger partial charge in [-0.3, -0.25) is 28.3 Å². The van der Waals surface area contributed by atoms with Gasteiger partial charge in [-0.05, 0) is 45.6 Å². The molecule has 0 aliphatic carbocycles. The smallest absolute Gasteiger partial charge is 0.407 e. The second-order valence-electron chi connectivity index (χ2n) is 10.9. The van der Waals surface area contributed by atoms with E-state index in [1.807, 2.05) is 44.2 Å². The zero-order valence-corrected chi connectivity index (χ0v) is 25.5. The van der Waals surface area contributed by atoms with Gasteiger partial charge in [0.25, 0.3) is 0 Å². The zero-order chi connectivity index (χ0) is 29.5. The van der Waals surface area contributed by atoms with Gasteiger partial charge < -0.3 is 14.5 Å². The Labute approximate surface area is 238 Å². The molecule has 3 atom stereocenters. The minimum absolute atomic E-state index is 0.0119. The molecule has 2 amide bonds. The maximum Gasteiger partial charge on any atom is 0.407 e. The van der Waals surface area contributed by atoms with Crippen molar-refractivity contribution in [2.45, 2.75) is 84.2 Å². The first-order chi connectivity index (χ1) is 18.9. The van der Waals surface area contributed by atoms with Gasteiger partial charge in [0, 0.05) is 39.8 Å². The molecular formula is C28H45N4O7P. The Morgan fingerprint density at radius 2 is 1.75 bits per heavy atom. The quantitative estimate of drug-likeness (QED) is 0.277. The van der Waals surface area contributed by atoms with Gasteiger partial charge >= 0.3 is 13.7 Å². The summed E-state index contributed by atoms with van der Waals surface area (Å²) in [5, 5.41) is 2.63. The molecule has 2 fully saturated rings. The minimum Gasteiger partial charge on any atom is -0.461 e. The van der Waals surface area contributed by atoms with Crippen molar-refractivity contribution >= 4 is 25.5 Å². The predicted molar refractivity (Wildman–Crippen MR) is 151 cm³/mol. The molecule has 2 saturated heterocycles. The number of carbonyl (C=O) groups excluding carboxylic acids is 3. The molecule has 2 aliphatic rings. The second-order valence-corrected chi connectivity index (χ2v) is 12.6. The molecule has 40 heavy (non-hydrogen) atoms. The van der Waals surface area contributed by atoms with Crippen molar-refractivity contribution in [1.29, 1.82) is 0 Å². The SMILES string of the molecule is CCC(CC)OC(=O)C(C)NP(=O)(OCC(=O)N1CCN(Cc2ccccc2)C2(CCN(C)C2=O)C1)OC(C)C. The van der Waals surface area contributed by atoms with Crippen LogP contribution < -0.4 is 5.09 Å². The van der Waals surface area contributed by atoms with Gasteiger partial charge in [0.1, 0.15) is 24.3 Å². The first-order valence-electron chi connectivity index (χ1n) is 14.2. The molecular weight excluding hydrogens is 535 g/mol. The molecule has 11 nitrogen and oxygen atoms in total. The highest BCUT2D eigenvalue weighted by atomic mass is 31.2. The summed E-state index contributed by atoms with van der Waals surface area (Å²) in [6.45, 7) is 10.5. The fourth-order valence-corrected chi connectivity index (χ4v) is 6.78. The molecule has 1 aromatic carbocycles. The van der Waals surface area contributed by atoms with Crippen LogP contribution in [0.25, 0.3) is 0 Å². The van der Waals surface area contributed by atoms with Gasteiger partial charge in [0.05, 0.1) is 6.10 Å². The van der Waals surface area contributed by atoms with Crippen LogP contribution >= 0.6 is 7.75 Å². The summed E-state index contributed by atoms with van der Waals surface area (Å²) >= 11 is 0. The summed E-state index contributed by atoms with van der Waals surface area (Å²) in [6.07, 6.45) is 1.20. The molecule has 0 saturated carbocycles. The van der Waals surface area contributed by atoms with Crippen LogP contribution in [0.1, 0.15) is 59.4 Å². The van der Waals surface area contributed by atoms with E-state index in [1.54, 1.807) is 30.7 Å². The topological polar surface area (TPSA) is 118 Å². The molecule has 0 radical (unpaired) electrons. The Morgan fingerprint density at radius 1 is 1.07 bits per heavy atom. The summed E-state index contributed by atoms with van der Waals surface area (Å²) in [5.74, 6) is -0.985. The number of ether oxygens (including phenoxy) is 1. The van der Waals surface area contributed by atoms with Gasteiger partial charge in [0.15, 0.2) is 0 Å². The van der Waals surface area contributed by atoms with E-state index in [9.17, 15) is 18.9 Å². The van der Waals surface area contributed by atoms with Crippen LogP contribution in [-0.4, -0.2) is 96.1 Å².